The second-order valence-electron chi connectivity index (χ2n) is 5.79. The van der Waals surface area contributed by atoms with Gasteiger partial charge in [0.15, 0.2) is 5.75 Å². The second-order valence-corrected chi connectivity index (χ2v) is 5.79. The maximum atomic E-state index is 12.8. The summed E-state index contributed by atoms with van der Waals surface area (Å²) in [5.41, 5.74) is 2.91. The molecule has 0 fully saturated rings. The highest BCUT2D eigenvalue weighted by molar-refractivity contribution is 6.04. The highest BCUT2D eigenvalue weighted by Gasteiger charge is 2.20. The summed E-state index contributed by atoms with van der Waals surface area (Å²) in [5, 5.41) is 13.9. The van der Waals surface area contributed by atoms with Gasteiger partial charge in [0.1, 0.15) is 11.3 Å². The highest BCUT2D eigenvalue weighted by atomic mass is 16.6. The number of amides is 1. The summed E-state index contributed by atoms with van der Waals surface area (Å²) >= 11 is 0. The number of carbonyl (C=O) groups is 1. The van der Waals surface area contributed by atoms with Crippen LogP contribution in [0.3, 0.4) is 0 Å². The molecule has 134 valence electrons. The molecule has 0 aliphatic carbocycles. The van der Waals surface area contributed by atoms with E-state index in [1.54, 1.807) is 16.7 Å². The van der Waals surface area contributed by atoms with E-state index in [1.165, 1.54) is 19.2 Å². The first-order chi connectivity index (χ1) is 12.4. The number of methoxy groups -OCH3 is 1. The van der Waals surface area contributed by atoms with E-state index >= 15 is 0 Å². The van der Waals surface area contributed by atoms with Crippen LogP contribution in [0.1, 0.15) is 28.7 Å². The van der Waals surface area contributed by atoms with E-state index in [0.717, 1.165) is 5.56 Å². The van der Waals surface area contributed by atoms with Crippen molar-refractivity contribution in [2.45, 2.75) is 20.3 Å². The number of aromatic nitrogens is 2. The van der Waals surface area contributed by atoms with Gasteiger partial charge in [-0.15, -0.1) is 0 Å². The number of rotatable bonds is 5. The van der Waals surface area contributed by atoms with Crippen molar-refractivity contribution in [1.82, 2.24) is 9.38 Å². The number of imidazole rings is 1. The van der Waals surface area contributed by atoms with Gasteiger partial charge in [-0.25, -0.2) is 4.98 Å². The molecule has 0 spiro atoms. The van der Waals surface area contributed by atoms with Gasteiger partial charge in [-0.3, -0.25) is 19.3 Å². The molecule has 0 bridgehead atoms. The molecule has 2 aromatic heterocycles. The van der Waals surface area contributed by atoms with Gasteiger partial charge in [-0.05, 0) is 43.2 Å². The summed E-state index contributed by atoms with van der Waals surface area (Å²) < 4.78 is 6.70. The fraction of sp³-hybridized carbons (Fsp3) is 0.222. The van der Waals surface area contributed by atoms with Crippen LogP contribution in [0.25, 0.3) is 5.65 Å². The Morgan fingerprint density at radius 2 is 2.12 bits per heavy atom. The third kappa shape index (κ3) is 3.08. The lowest BCUT2D eigenvalue weighted by Crippen LogP contribution is -2.16. The maximum Gasteiger partial charge on any atom is 0.312 e. The zero-order valence-electron chi connectivity index (χ0n) is 14.6. The molecule has 0 unspecified atom stereocenters. The molecule has 3 aromatic rings. The van der Waals surface area contributed by atoms with Gasteiger partial charge in [0.25, 0.3) is 5.91 Å². The Morgan fingerprint density at radius 3 is 2.77 bits per heavy atom. The average Bonchev–Trinajstić information content (AvgIpc) is 2.99. The number of nitrogens with one attached hydrogen (secondary N) is 1. The summed E-state index contributed by atoms with van der Waals surface area (Å²) in [6, 6.07) is 8.07. The van der Waals surface area contributed by atoms with Crippen molar-refractivity contribution in [2.75, 3.05) is 12.4 Å². The van der Waals surface area contributed by atoms with Gasteiger partial charge in [0, 0.05) is 18.0 Å². The predicted molar refractivity (Wildman–Crippen MR) is 96.9 cm³/mol. The van der Waals surface area contributed by atoms with E-state index in [1.807, 2.05) is 26.0 Å². The Hall–Kier alpha value is -3.42. The number of nitrogens with zero attached hydrogens (tertiary/aromatic N) is 3. The molecular weight excluding hydrogens is 336 g/mol. The number of pyridine rings is 1. The van der Waals surface area contributed by atoms with Crippen LogP contribution in [-0.4, -0.2) is 27.3 Å². The smallest absolute Gasteiger partial charge is 0.312 e. The largest absolute Gasteiger partial charge is 0.490 e. The summed E-state index contributed by atoms with van der Waals surface area (Å²) in [4.78, 5) is 27.9. The molecule has 0 saturated carbocycles. The molecule has 1 amide bonds. The van der Waals surface area contributed by atoms with Gasteiger partial charge in [0.2, 0.25) is 0 Å². The molecule has 8 nitrogen and oxygen atoms in total. The van der Waals surface area contributed by atoms with Gasteiger partial charge < -0.3 is 10.1 Å². The lowest BCUT2D eigenvalue weighted by molar-refractivity contribution is -0.385. The van der Waals surface area contributed by atoms with E-state index in [4.69, 9.17) is 4.74 Å². The van der Waals surface area contributed by atoms with Gasteiger partial charge in [0.05, 0.1) is 17.7 Å². The van der Waals surface area contributed by atoms with Crippen LogP contribution in [0, 0.1) is 17.0 Å². The van der Waals surface area contributed by atoms with Crippen molar-refractivity contribution in [3.8, 4) is 5.75 Å². The minimum Gasteiger partial charge on any atom is -0.490 e. The van der Waals surface area contributed by atoms with Crippen molar-refractivity contribution in [1.29, 1.82) is 0 Å². The predicted octanol–water partition coefficient (Wildman–Crippen LogP) is 3.37. The number of hydrogen-bond donors (Lipinski definition) is 1. The zero-order valence-corrected chi connectivity index (χ0v) is 14.6. The van der Waals surface area contributed by atoms with Gasteiger partial charge in [-0.1, -0.05) is 6.92 Å². The first-order valence-electron chi connectivity index (χ1n) is 8.06. The quantitative estimate of drug-likeness (QED) is 0.559. The minimum absolute atomic E-state index is 0.132. The topological polar surface area (TPSA) is 98.8 Å². The van der Waals surface area contributed by atoms with E-state index in [2.05, 4.69) is 10.3 Å². The Kier molecular flexibility index (Phi) is 4.57. The molecule has 0 aliphatic heterocycles. The Balaban J connectivity index is 1.99. The molecular formula is C18H18N4O4. The molecule has 0 aliphatic rings. The number of nitro benzene ring substituents is 1. The van der Waals surface area contributed by atoms with Crippen LogP contribution in [0.15, 0.2) is 36.5 Å². The second kappa shape index (κ2) is 6.83. The summed E-state index contributed by atoms with van der Waals surface area (Å²) in [6.07, 6.45) is 2.38. The molecule has 0 radical (unpaired) electrons. The first kappa shape index (κ1) is 17.4. The molecule has 3 rings (SSSR count). The summed E-state index contributed by atoms with van der Waals surface area (Å²) in [6.45, 7) is 3.88. The zero-order chi connectivity index (χ0) is 18.8. The van der Waals surface area contributed by atoms with Crippen molar-refractivity contribution in [2.24, 2.45) is 0 Å². The third-order valence-corrected chi connectivity index (χ3v) is 4.04. The molecule has 1 N–H and O–H groups in total. The van der Waals surface area contributed by atoms with Gasteiger partial charge >= 0.3 is 5.69 Å². The third-order valence-electron chi connectivity index (χ3n) is 4.04. The number of benzene rings is 1. The van der Waals surface area contributed by atoms with Crippen LogP contribution in [-0.2, 0) is 6.42 Å². The molecule has 8 heteroatoms. The minimum atomic E-state index is -0.553. The number of aryl methyl sites for hydroxylation is 2. The van der Waals surface area contributed by atoms with Crippen LogP contribution >= 0.6 is 0 Å². The molecule has 1 aromatic carbocycles. The molecule has 26 heavy (non-hydrogen) atoms. The molecule has 0 saturated heterocycles. The SMILES string of the molecule is CCc1nc2cc(C)ccn2c1C(=O)Nc1ccc(OC)c([N+](=O)[O-])c1. The van der Waals surface area contributed by atoms with Crippen LogP contribution in [0.5, 0.6) is 5.75 Å². The number of fused-ring (bicyclic) bond motifs is 1. The number of carbonyl (C=O) groups excluding carboxylic acids is 1. The fourth-order valence-corrected chi connectivity index (χ4v) is 2.78. The van der Waals surface area contributed by atoms with E-state index < -0.39 is 4.92 Å². The van der Waals surface area contributed by atoms with Crippen LogP contribution in [0.4, 0.5) is 11.4 Å². The Morgan fingerprint density at radius 1 is 1.35 bits per heavy atom. The fourth-order valence-electron chi connectivity index (χ4n) is 2.78. The van der Waals surface area contributed by atoms with Crippen LogP contribution in [0.2, 0.25) is 0 Å². The van der Waals surface area contributed by atoms with Crippen molar-refractivity contribution in [3.05, 3.63) is 63.6 Å². The maximum absolute atomic E-state index is 12.8. The number of anilines is 1. The lowest BCUT2D eigenvalue weighted by atomic mass is 10.2. The first-order valence-corrected chi connectivity index (χ1v) is 8.06. The number of nitro groups is 1. The van der Waals surface area contributed by atoms with E-state index in [9.17, 15) is 14.9 Å². The summed E-state index contributed by atoms with van der Waals surface area (Å²) in [5.74, 6) is -0.245. The van der Waals surface area contributed by atoms with Crippen molar-refractivity contribution >= 4 is 22.9 Å². The molecule has 0 atom stereocenters. The van der Waals surface area contributed by atoms with Crippen LogP contribution < -0.4 is 10.1 Å². The number of hydrogen-bond acceptors (Lipinski definition) is 5. The standard InChI is InChI=1S/C18H18N4O4/c1-4-13-17(21-8-7-11(2)9-16(21)20-13)18(23)19-12-5-6-15(26-3)14(10-12)22(24)25/h5-10H,4H2,1-3H3,(H,19,23). The van der Waals surface area contributed by atoms with Crippen molar-refractivity contribution < 1.29 is 14.5 Å². The highest BCUT2D eigenvalue weighted by Crippen LogP contribution is 2.30. The lowest BCUT2D eigenvalue weighted by Gasteiger charge is -2.08. The van der Waals surface area contributed by atoms with E-state index in [0.29, 0.717) is 29.1 Å². The Bertz CT molecular complexity index is 1010. The summed E-state index contributed by atoms with van der Waals surface area (Å²) in [7, 11) is 1.36. The van der Waals surface area contributed by atoms with E-state index in [-0.39, 0.29) is 17.3 Å². The number of ether oxygens (including phenoxy) is 1. The Labute approximate surface area is 149 Å². The monoisotopic (exact) mass is 354 g/mol. The average molecular weight is 354 g/mol. The normalized spacial score (nSPS) is 10.7. The van der Waals surface area contributed by atoms with Gasteiger partial charge in [-0.2, -0.15) is 0 Å². The van der Waals surface area contributed by atoms with Crippen molar-refractivity contribution in [3.63, 3.8) is 0 Å². The molecule has 2 heterocycles.